The Kier molecular flexibility index (Phi) is 17.2. The third-order valence-corrected chi connectivity index (χ3v) is 7.31. The molecule has 3 N–H and O–H groups in total. The number of nitrogens with zero attached hydrogens (tertiary/aromatic N) is 1. The molecule has 5 nitrogen and oxygen atoms in total. The van der Waals surface area contributed by atoms with Crippen molar-refractivity contribution in [2.75, 3.05) is 27.7 Å². The minimum absolute atomic E-state index is 0.0624. The van der Waals surface area contributed by atoms with Crippen molar-refractivity contribution in [2.24, 2.45) is 0 Å². The maximum Gasteiger partial charge on any atom is 0.362 e. The Hall–Kier alpha value is -0.190. The molecule has 0 aliphatic heterocycles. The van der Waals surface area contributed by atoms with Crippen LogP contribution in [0.5, 0.6) is 0 Å². The first-order valence-corrected chi connectivity index (χ1v) is 14.4. The van der Waals surface area contributed by atoms with E-state index in [0.29, 0.717) is 10.9 Å². The van der Waals surface area contributed by atoms with Gasteiger partial charge in [-0.3, -0.25) is 4.57 Å². The van der Waals surface area contributed by atoms with E-state index >= 15 is 0 Å². The Morgan fingerprint density at radius 3 is 1.48 bits per heavy atom. The Morgan fingerprint density at radius 2 is 1.10 bits per heavy atom. The van der Waals surface area contributed by atoms with E-state index in [-0.39, 0.29) is 13.0 Å². The summed E-state index contributed by atoms with van der Waals surface area (Å²) in [4.78, 5) is 19.2. The lowest BCUT2D eigenvalue weighted by molar-refractivity contribution is -0.875. The van der Waals surface area contributed by atoms with Crippen LogP contribution in [-0.4, -0.2) is 52.4 Å². The van der Waals surface area contributed by atoms with Gasteiger partial charge in [0.05, 0.1) is 21.1 Å². The third-order valence-electron chi connectivity index (χ3n) is 5.86. The van der Waals surface area contributed by atoms with Gasteiger partial charge in [0.1, 0.15) is 6.54 Å². The minimum Gasteiger partial charge on any atom is -0.373 e. The van der Waals surface area contributed by atoms with Gasteiger partial charge in [-0.25, -0.2) is 0 Å². The molecule has 0 aliphatic carbocycles. The van der Waals surface area contributed by atoms with E-state index in [4.69, 9.17) is 0 Å². The maximum absolute atomic E-state index is 11.8. The molecule has 0 aliphatic rings. The van der Waals surface area contributed by atoms with Gasteiger partial charge in [0.15, 0.2) is 0 Å². The van der Waals surface area contributed by atoms with Crippen molar-refractivity contribution in [2.45, 2.75) is 121 Å². The summed E-state index contributed by atoms with van der Waals surface area (Å²) >= 11 is 0. The largest absolute Gasteiger partial charge is 0.373 e. The summed E-state index contributed by atoms with van der Waals surface area (Å²) in [6.07, 6.45) is 24.4. The smallest absolute Gasteiger partial charge is 0.362 e. The van der Waals surface area contributed by atoms with E-state index in [1.807, 2.05) is 21.1 Å². The highest BCUT2D eigenvalue weighted by atomic mass is 31.2. The summed E-state index contributed by atoms with van der Waals surface area (Å²) in [7, 11) is 0.982. The van der Waals surface area contributed by atoms with Crippen LogP contribution in [0.15, 0.2) is 12.2 Å². The van der Waals surface area contributed by atoms with Gasteiger partial charge in [-0.1, -0.05) is 96.1 Å². The van der Waals surface area contributed by atoms with E-state index < -0.39 is 12.9 Å². The van der Waals surface area contributed by atoms with Crippen molar-refractivity contribution < 1.29 is 23.9 Å². The molecule has 0 fully saturated rings. The standard InChI is InChI=1S/C25H52NO4P/c1-5-6-7-8-9-10-11-12-13-14-15-16-17-18-19-20-21-22-23-25(27,31(28,29)30)24-26(2,3)4/h8-9,27H,5-7,10-24H2,1-4H3,(H-,28,29,30)/p+1/b9-8-. The normalized spacial score (nSPS) is 14.9. The number of hydrogen-bond donors (Lipinski definition) is 3. The molecule has 0 rings (SSSR count). The van der Waals surface area contributed by atoms with Gasteiger partial charge < -0.3 is 19.4 Å². The number of hydrogen-bond acceptors (Lipinski definition) is 2. The van der Waals surface area contributed by atoms with Gasteiger partial charge in [-0.2, -0.15) is 0 Å². The molecule has 0 saturated carbocycles. The summed E-state index contributed by atoms with van der Waals surface area (Å²) in [5.41, 5.74) is 0. The molecule has 0 aromatic rings. The van der Waals surface area contributed by atoms with Crippen molar-refractivity contribution in [3.8, 4) is 0 Å². The first-order valence-electron chi connectivity index (χ1n) is 12.8. The van der Waals surface area contributed by atoms with Crippen LogP contribution in [0.2, 0.25) is 0 Å². The van der Waals surface area contributed by atoms with E-state index in [1.54, 1.807) is 0 Å². The van der Waals surface area contributed by atoms with Crippen molar-refractivity contribution in [3.05, 3.63) is 12.2 Å². The van der Waals surface area contributed by atoms with Gasteiger partial charge in [0.2, 0.25) is 5.34 Å². The number of rotatable bonds is 21. The SMILES string of the molecule is CCCC/C=C\CCCCCCCCCCCCCCC(O)(C[N+](C)(C)C)P(=O)(O)O. The van der Waals surface area contributed by atoms with Gasteiger partial charge in [0, 0.05) is 0 Å². The van der Waals surface area contributed by atoms with Crippen LogP contribution in [0.1, 0.15) is 116 Å². The van der Waals surface area contributed by atoms with Gasteiger partial charge >= 0.3 is 7.60 Å². The average Bonchev–Trinajstić information content (AvgIpc) is 2.65. The fourth-order valence-corrected chi connectivity index (χ4v) is 5.13. The van der Waals surface area contributed by atoms with Crippen molar-refractivity contribution in [3.63, 3.8) is 0 Å². The Morgan fingerprint density at radius 1 is 0.710 bits per heavy atom. The van der Waals surface area contributed by atoms with Crippen molar-refractivity contribution in [1.82, 2.24) is 0 Å². The van der Waals surface area contributed by atoms with Crippen LogP contribution in [0.3, 0.4) is 0 Å². The molecule has 186 valence electrons. The molecule has 0 aromatic heterocycles. The number of likely N-dealkylation sites (N-methyl/N-ethyl adjacent to an activating group) is 1. The monoisotopic (exact) mass is 462 g/mol. The molecular formula is C25H53NO4P+. The number of unbranched alkanes of at least 4 members (excludes halogenated alkanes) is 14. The van der Waals surface area contributed by atoms with Gasteiger partial charge in [-0.15, -0.1) is 0 Å². The van der Waals surface area contributed by atoms with Crippen LogP contribution in [0, 0.1) is 0 Å². The number of quaternary nitrogens is 1. The van der Waals surface area contributed by atoms with Gasteiger partial charge in [-0.05, 0) is 32.1 Å². The topological polar surface area (TPSA) is 77.8 Å². The molecule has 0 spiro atoms. The van der Waals surface area contributed by atoms with Crippen molar-refractivity contribution >= 4 is 7.60 Å². The number of aliphatic hydroxyl groups is 1. The zero-order chi connectivity index (χ0) is 23.6. The predicted molar refractivity (Wildman–Crippen MR) is 133 cm³/mol. The molecule has 6 heteroatoms. The van der Waals surface area contributed by atoms with Crippen LogP contribution in [0.25, 0.3) is 0 Å². The fourth-order valence-electron chi connectivity index (χ4n) is 4.07. The molecule has 0 bridgehead atoms. The second-order valence-electron chi connectivity index (χ2n) is 10.4. The Labute approximate surface area is 193 Å². The molecule has 31 heavy (non-hydrogen) atoms. The van der Waals surface area contributed by atoms with Crippen LogP contribution < -0.4 is 0 Å². The summed E-state index contributed by atoms with van der Waals surface area (Å²) in [5.74, 6) is 0. The molecule has 0 amide bonds. The molecule has 1 atom stereocenters. The van der Waals surface area contributed by atoms with E-state index in [9.17, 15) is 19.5 Å². The zero-order valence-electron chi connectivity index (χ0n) is 21.0. The number of allylic oxidation sites excluding steroid dienone is 2. The van der Waals surface area contributed by atoms with E-state index in [2.05, 4.69) is 19.1 Å². The van der Waals surface area contributed by atoms with Crippen molar-refractivity contribution in [1.29, 1.82) is 0 Å². The molecular weight excluding hydrogens is 409 g/mol. The first-order chi connectivity index (χ1) is 14.5. The van der Waals surface area contributed by atoms with E-state index in [0.717, 1.165) is 12.8 Å². The summed E-state index contributed by atoms with van der Waals surface area (Å²) in [6, 6.07) is 0. The van der Waals surface area contributed by atoms with Gasteiger partial charge in [0.25, 0.3) is 0 Å². The Bertz CT molecular complexity index is 498. The molecule has 0 aromatic carbocycles. The van der Waals surface area contributed by atoms with Crippen LogP contribution in [0.4, 0.5) is 0 Å². The van der Waals surface area contributed by atoms with Crippen LogP contribution in [-0.2, 0) is 4.57 Å². The minimum atomic E-state index is -4.54. The first kappa shape index (κ1) is 30.8. The van der Waals surface area contributed by atoms with Crippen LogP contribution >= 0.6 is 7.60 Å². The fraction of sp³-hybridized carbons (Fsp3) is 0.920. The lowest BCUT2D eigenvalue weighted by atomic mass is 10.0. The molecule has 0 saturated heterocycles. The highest BCUT2D eigenvalue weighted by molar-refractivity contribution is 7.53. The summed E-state index contributed by atoms with van der Waals surface area (Å²) in [6.45, 7) is 2.30. The Balaban J connectivity index is 3.59. The predicted octanol–water partition coefficient (Wildman–Crippen LogP) is 6.77. The highest BCUT2D eigenvalue weighted by Crippen LogP contribution is 2.52. The zero-order valence-corrected chi connectivity index (χ0v) is 21.9. The summed E-state index contributed by atoms with van der Waals surface area (Å²) < 4.78 is 12.1. The highest BCUT2D eigenvalue weighted by Gasteiger charge is 2.48. The van der Waals surface area contributed by atoms with E-state index in [1.165, 1.54) is 83.5 Å². The summed E-state index contributed by atoms with van der Waals surface area (Å²) in [5, 5.41) is 8.63. The second kappa shape index (κ2) is 17.3. The molecule has 1 unspecified atom stereocenters. The maximum atomic E-state index is 11.8. The average molecular weight is 463 g/mol. The lowest BCUT2D eigenvalue weighted by Gasteiger charge is -2.35. The molecule has 0 radical (unpaired) electrons. The quantitative estimate of drug-likeness (QED) is 0.0761. The third kappa shape index (κ3) is 18.0. The lowest BCUT2D eigenvalue weighted by Crippen LogP contribution is -2.49. The second-order valence-corrected chi connectivity index (χ2v) is 12.3. The molecule has 0 heterocycles.